The Balaban J connectivity index is 5.35. The summed E-state index contributed by atoms with van der Waals surface area (Å²) in [5.74, 6) is -0.363. The Morgan fingerprint density at radius 1 is 1.22 bits per heavy atom. The van der Waals surface area contributed by atoms with Crippen LogP contribution in [0.4, 0.5) is 0 Å². The van der Waals surface area contributed by atoms with Gasteiger partial charge in [0.15, 0.2) is 5.16 Å². The Kier molecular flexibility index (Phi) is 5.43. The minimum atomic E-state index is -5.31. The van der Waals surface area contributed by atoms with E-state index >= 15 is 0 Å². The third-order valence-electron chi connectivity index (χ3n) is 2.27. The molecule has 0 saturated carbocycles. The molecule has 0 aromatic heterocycles. The molecule has 0 amide bonds. The summed E-state index contributed by atoms with van der Waals surface area (Å²) in [7, 11) is -5.31. The summed E-state index contributed by atoms with van der Waals surface area (Å²) in [6, 6.07) is 0. The first-order chi connectivity index (χ1) is 8.06. The van der Waals surface area contributed by atoms with Gasteiger partial charge in [-0.15, -0.1) is 0 Å². The van der Waals surface area contributed by atoms with Crippen LogP contribution in [0.2, 0.25) is 0 Å². The van der Waals surface area contributed by atoms with Gasteiger partial charge in [-0.1, -0.05) is 0 Å². The van der Waals surface area contributed by atoms with E-state index in [1.54, 1.807) is 0 Å². The third-order valence-corrected chi connectivity index (χ3v) is 3.96. The van der Waals surface area contributed by atoms with Crippen molar-refractivity contribution >= 4 is 25.5 Å². The minimum Gasteiger partial charge on any atom is -0.481 e. The number of rotatable bonds is 7. The summed E-state index contributed by atoms with van der Waals surface area (Å²) >= 11 is 0. The van der Waals surface area contributed by atoms with E-state index in [-0.39, 0.29) is 0 Å². The first-order valence-electron chi connectivity index (χ1n) is 4.47. The highest BCUT2D eigenvalue weighted by molar-refractivity contribution is 7.54. The standard InChI is InChI=1S/C7H12NO9P/c8-17-5(11)1-2-7(6(12)13,3-4(9)10)18(14,15)16/h1-3,8H2,(H,9,10)(H,12,13)(H2,14,15,16). The molecule has 0 aliphatic carbocycles. The Morgan fingerprint density at radius 3 is 2.00 bits per heavy atom. The van der Waals surface area contributed by atoms with Crippen molar-refractivity contribution in [1.82, 2.24) is 0 Å². The minimum absolute atomic E-state index is 0.735. The van der Waals surface area contributed by atoms with Crippen LogP contribution in [-0.2, 0) is 23.8 Å². The molecule has 1 atom stereocenters. The summed E-state index contributed by atoms with van der Waals surface area (Å²) in [5.41, 5.74) is 0. The van der Waals surface area contributed by atoms with Gasteiger partial charge in [-0.25, -0.2) is 0 Å². The van der Waals surface area contributed by atoms with Gasteiger partial charge < -0.3 is 24.8 Å². The van der Waals surface area contributed by atoms with E-state index in [9.17, 15) is 18.9 Å². The van der Waals surface area contributed by atoms with Gasteiger partial charge in [0.05, 0.1) is 6.42 Å². The fourth-order valence-corrected chi connectivity index (χ4v) is 2.26. The van der Waals surface area contributed by atoms with Crippen LogP contribution in [0.15, 0.2) is 0 Å². The summed E-state index contributed by atoms with van der Waals surface area (Å²) in [6.07, 6.45) is -2.97. The number of carbonyl (C=O) groups excluding carboxylic acids is 1. The molecule has 0 fully saturated rings. The average molecular weight is 285 g/mol. The third kappa shape index (κ3) is 3.77. The monoisotopic (exact) mass is 285 g/mol. The lowest BCUT2D eigenvalue weighted by molar-refractivity contribution is -0.149. The molecule has 11 heteroatoms. The molecule has 1 unspecified atom stereocenters. The van der Waals surface area contributed by atoms with Gasteiger partial charge in [0.25, 0.3) is 0 Å². The number of carbonyl (C=O) groups is 3. The lowest BCUT2D eigenvalue weighted by Gasteiger charge is -2.27. The van der Waals surface area contributed by atoms with Crippen molar-refractivity contribution in [3.8, 4) is 0 Å². The van der Waals surface area contributed by atoms with Crippen molar-refractivity contribution in [3.05, 3.63) is 0 Å². The average Bonchev–Trinajstić information content (AvgIpc) is 2.20. The largest absolute Gasteiger partial charge is 0.481 e. The molecular formula is C7H12NO9P. The van der Waals surface area contributed by atoms with Crippen LogP contribution >= 0.6 is 7.60 Å². The molecule has 104 valence electrons. The smallest absolute Gasteiger partial charge is 0.343 e. The summed E-state index contributed by atoms with van der Waals surface area (Å²) in [4.78, 5) is 54.0. The maximum atomic E-state index is 11.2. The van der Waals surface area contributed by atoms with Crippen molar-refractivity contribution < 1.29 is 43.8 Å². The van der Waals surface area contributed by atoms with Crippen LogP contribution in [0.5, 0.6) is 0 Å². The van der Waals surface area contributed by atoms with Gasteiger partial charge in [0.1, 0.15) is 0 Å². The van der Waals surface area contributed by atoms with Crippen molar-refractivity contribution in [2.45, 2.75) is 24.4 Å². The van der Waals surface area contributed by atoms with E-state index in [1.807, 2.05) is 0 Å². The molecule has 0 radical (unpaired) electrons. The fourth-order valence-electron chi connectivity index (χ4n) is 1.26. The van der Waals surface area contributed by atoms with E-state index in [2.05, 4.69) is 10.7 Å². The normalized spacial score (nSPS) is 14.6. The van der Waals surface area contributed by atoms with Gasteiger partial charge in [0, 0.05) is 6.42 Å². The van der Waals surface area contributed by atoms with Gasteiger partial charge in [-0.2, -0.15) is 5.90 Å². The van der Waals surface area contributed by atoms with E-state index in [1.165, 1.54) is 0 Å². The van der Waals surface area contributed by atoms with Crippen molar-refractivity contribution in [2.75, 3.05) is 0 Å². The molecule has 0 bridgehead atoms. The Bertz CT molecular complexity index is 402. The predicted molar refractivity (Wildman–Crippen MR) is 54.2 cm³/mol. The number of carboxylic acid groups (broad SMARTS) is 2. The van der Waals surface area contributed by atoms with Gasteiger partial charge in [-0.05, 0) is 6.42 Å². The zero-order chi connectivity index (χ0) is 14.6. The molecule has 0 aromatic rings. The molecule has 0 spiro atoms. The molecule has 18 heavy (non-hydrogen) atoms. The van der Waals surface area contributed by atoms with Crippen molar-refractivity contribution in [2.24, 2.45) is 5.90 Å². The molecule has 0 aliphatic heterocycles. The number of aliphatic carboxylic acids is 2. The second-order valence-electron chi connectivity index (χ2n) is 3.44. The fraction of sp³-hybridized carbons (Fsp3) is 0.571. The highest BCUT2D eigenvalue weighted by atomic mass is 31.2. The van der Waals surface area contributed by atoms with E-state index in [0.717, 1.165) is 0 Å². The number of hydrogen-bond acceptors (Lipinski definition) is 6. The second-order valence-corrected chi connectivity index (χ2v) is 5.39. The maximum Gasteiger partial charge on any atom is 0.343 e. The molecule has 0 heterocycles. The summed E-state index contributed by atoms with van der Waals surface area (Å²) < 4.78 is 11.2. The first kappa shape index (κ1) is 16.5. The molecule has 0 aromatic carbocycles. The Labute approximate surface area is 100 Å². The predicted octanol–water partition coefficient (Wildman–Crippen LogP) is -1.34. The molecule has 0 saturated heterocycles. The quantitative estimate of drug-likeness (QED) is 0.277. The van der Waals surface area contributed by atoms with E-state index in [0.29, 0.717) is 0 Å². The highest BCUT2D eigenvalue weighted by Crippen LogP contribution is 2.55. The topological polar surface area (TPSA) is 184 Å². The van der Waals surface area contributed by atoms with Gasteiger partial charge in [0.2, 0.25) is 0 Å². The van der Waals surface area contributed by atoms with Crippen LogP contribution in [0.25, 0.3) is 0 Å². The van der Waals surface area contributed by atoms with Crippen LogP contribution in [0.1, 0.15) is 19.3 Å². The Hall–Kier alpha value is -1.48. The molecule has 0 rings (SSSR count). The van der Waals surface area contributed by atoms with Crippen LogP contribution in [0, 0.1) is 0 Å². The maximum absolute atomic E-state index is 11.2. The molecule has 0 aliphatic rings. The van der Waals surface area contributed by atoms with Gasteiger partial charge in [-0.3, -0.25) is 18.9 Å². The second kappa shape index (κ2) is 5.91. The zero-order valence-electron chi connectivity index (χ0n) is 8.98. The first-order valence-corrected chi connectivity index (χ1v) is 6.08. The zero-order valence-corrected chi connectivity index (χ0v) is 9.87. The lowest BCUT2D eigenvalue weighted by atomic mass is 9.98. The number of nitrogens with two attached hydrogens (primary N) is 1. The SMILES string of the molecule is NOC(=O)CCC(CC(=O)O)(C(=O)O)P(=O)(O)O. The van der Waals surface area contributed by atoms with Gasteiger partial charge >= 0.3 is 25.5 Å². The molecular weight excluding hydrogens is 273 g/mol. The number of carboxylic acids is 2. The molecule has 6 N–H and O–H groups in total. The number of hydrogen-bond donors (Lipinski definition) is 5. The molecule has 10 nitrogen and oxygen atoms in total. The van der Waals surface area contributed by atoms with Crippen LogP contribution in [0.3, 0.4) is 0 Å². The van der Waals surface area contributed by atoms with Crippen molar-refractivity contribution in [3.63, 3.8) is 0 Å². The van der Waals surface area contributed by atoms with E-state index in [4.69, 9.17) is 20.0 Å². The summed E-state index contributed by atoms with van der Waals surface area (Å²) in [6.45, 7) is 0. The highest BCUT2D eigenvalue weighted by Gasteiger charge is 2.55. The lowest BCUT2D eigenvalue weighted by Crippen LogP contribution is -2.41. The van der Waals surface area contributed by atoms with Crippen molar-refractivity contribution in [1.29, 1.82) is 0 Å². The van der Waals surface area contributed by atoms with Crippen LogP contribution < -0.4 is 5.90 Å². The van der Waals surface area contributed by atoms with E-state index < -0.39 is 49.9 Å². The Morgan fingerprint density at radius 2 is 1.72 bits per heavy atom. The van der Waals surface area contributed by atoms with Crippen LogP contribution in [-0.4, -0.2) is 43.1 Å². The summed E-state index contributed by atoms with van der Waals surface area (Å²) in [5, 5.41) is 14.5.